The average Bonchev–Trinajstić information content (AvgIpc) is 2.67. The summed E-state index contributed by atoms with van der Waals surface area (Å²) in [6.07, 6.45) is 3.29. The van der Waals surface area contributed by atoms with E-state index in [0.29, 0.717) is 25.3 Å². The highest BCUT2D eigenvalue weighted by Crippen LogP contribution is 2.23. The van der Waals surface area contributed by atoms with Gasteiger partial charge in [0.2, 0.25) is 0 Å². The lowest BCUT2D eigenvalue weighted by Crippen LogP contribution is -2.49. The number of ether oxygens (including phenoxy) is 1. The van der Waals surface area contributed by atoms with Crippen LogP contribution in [0.4, 0.5) is 5.82 Å². The zero-order valence-corrected chi connectivity index (χ0v) is 16.5. The van der Waals surface area contributed by atoms with Gasteiger partial charge in [0.05, 0.1) is 17.9 Å². The molecule has 1 aliphatic heterocycles. The average molecular weight is 369 g/mol. The normalized spacial score (nSPS) is 15.1. The lowest BCUT2D eigenvalue weighted by molar-refractivity contribution is 0.0746. The van der Waals surface area contributed by atoms with E-state index in [0.717, 1.165) is 30.4 Å². The van der Waals surface area contributed by atoms with Crippen molar-refractivity contribution in [2.24, 2.45) is 0 Å². The molecule has 1 saturated heterocycles. The Hall–Kier alpha value is -2.54. The Morgan fingerprint density at radius 2 is 1.93 bits per heavy atom. The molecule has 0 aliphatic carbocycles. The third-order valence-electron chi connectivity index (χ3n) is 4.53. The van der Waals surface area contributed by atoms with E-state index in [2.05, 4.69) is 35.6 Å². The first-order chi connectivity index (χ1) is 12.9. The molecule has 0 aromatic carbocycles. The molecule has 0 N–H and O–H groups in total. The Morgan fingerprint density at radius 1 is 1.19 bits per heavy atom. The van der Waals surface area contributed by atoms with Crippen LogP contribution in [-0.4, -0.2) is 59.0 Å². The number of aromatic nitrogens is 3. The van der Waals surface area contributed by atoms with Crippen LogP contribution < -0.4 is 4.90 Å². The van der Waals surface area contributed by atoms with Crippen LogP contribution in [-0.2, 0) is 16.8 Å². The van der Waals surface area contributed by atoms with Gasteiger partial charge in [-0.2, -0.15) is 0 Å². The monoisotopic (exact) mass is 369 g/mol. The molecule has 7 nitrogen and oxygen atoms in total. The summed E-state index contributed by atoms with van der Waals surface area (Å²) in [6, 6.07) is 5.58. The van der Waals surface area contributed by atoms with Gasteiger partial charge in [0.25, 0.3) is 5.91 Å². The van der Waals surface area contributed by atoms with Gasteiger partial charge in [-0.3, -0.25) is 9.78 Å². The molecule has 1 amide bonds. The predicted molar refractivity (Wildman–Crippen MR) is 104 cm³/mol. The minimum atomic E-state index is -0.142. The second-order valence-electron chi connectivity index (χ2n) is 7.75. The molecular formula is C20H27N5O2. The number of hydrogen-bond acceptors (Lipinski definition) is 6. The maximum Gasteiger partial charge on any atom is 0.255 e. The van der Waals surface area contributed by atoms with Crippen molar-refractivity contribution in [3.63, 3.8) is 0 Å². The smallest absolute Gasteiger partial charge is 0.255 e. The van der Waals surface area contributed by atoms with Crippen LogP contribution in [0, 0.1) is 0 Å². The highest BCUT2D eigenvalue weighted by atomic mass is 16.5. The minimum absolute atomic E-state index is 0.0286. The number of amides is 1. The number of carbonyl (C=O) groups is 1. The van der Waals surface area contributed by atoms with Crippen molar-refractivity contribution in [2.75, 3.05) is 38.2 Å². The molecule has 0 bridgehead atoms. The summed E-state index contributed by atoms with van der Waals surface area (Å²) >= 11 is 0. The number of hydrogen-bond donors (Lipinski definition) is 0. The van der Waals surface area contributed by atoms with Crippen molar-refractivity contribution < 1.29 is 9.53 Å². The first-order valence-electron chi connectivity index (χ1n) is 9.20. The predicted octanol–water partition coefficient (Wildman–Crippen LogP) is 2.28. The molecule has 0 spiro atoms. The molecule has 0 atom stereocenters. The van der Waals surface area contributed by atoms with Gasteiger partial charge >= 0.3 is 0 Å². The van der Waals surface area contributed by atoms with Gasteiger partial charge in [-0.1, -0.05) is 20.8 Å². The van der Waals surface area contributed by atoms with Gasteiger partial charge in [0, 0.05) is 57.2 Å². The summed E-state index contributed by atoms with van der Waals surface area (Å²) in [5, 5.41) is 0. The zero-order chi connectivity index (χ0) is 19.4. The fourth-order valence-electron chi connectivity index (χ4n) is 3.01. The Bertz CT molecular complexity index is 781. The van der Waals surface area contributed by atoms with Crippen LogP contribution in [0.25, 0.3) is 0 Å². The fourth-order valence-corrected chi connectivity index (χ4v) is 3.01. The quantitative estimate of drug-likeness (QED) is 0.823. The van der Waals surface area contributed by atoms with Gasteiger partial charge in [-0.05, 0) is 12.1 Å². The first-order valence-corrected chi connectivity index (χ1v) is 9.20. The van der Waals surface area contributed by atoms with Crippen molar-refractivity contribution in [1.82, 2.24) is 19.9 Å². The third-order valence-corrected chi connectivity index (χ3v) is 4.53. The molecule has 3 heterocycles. The van der Waals surface area contributed by atoms with Crippen LogP contribution in [0.5, 0.6) is 0 Å². The standard InChI is InChI=1S/C20H27N5O2/c1-20(2,3)19-22-16(14-27-4)12-17(23-19)24-8-10-25(11-9-24)18(26)15-6-5-7-21-13-15/h5-7,12-13H,8-11,14H2,1-4H3. The molecule has 0 unspecified atom stereocenters. The molecule has 0 radical (unpaired) electrons. The van der Waals surface area contributed by atoms with E-state index >= 15 is 0 Å². The first kappa shape index (κ1) is 19.2. The number of anilines is 1. The molecule has 3 rings (SSSR count). The maximum atomic E-state index is 12.6. The van der Waals surface area contributed by atoms with Gasteiger partial charge in [0.15, 0.2) is 0 Å². The molecule has 27 heavy (non-hydrogen) atoms. The van der Waals surface area contributed by atoms with Crippen LogP contribution in [0.15, 0.2) is 30.6 Å². The van der Waals surface area contributed by atoms with Crippen LogP contribution in [0.3, 0.4) is 0 Å². The number of rotatable bonds is 4. The highest BCUT2D eigenvalue weighted by molar-refractivity contribution is 5.94. The van der Waals surface area contributed by atoms with Crippen molar-refractivity contribution >= 4 is 11.7 Å². The summed E-state index contributed by atoms with van der Waals surface area (Å²) in [7, 11) is 1.67. The second-order valence-corrected chi connectivity index (χ2v) is 7.75. The summed E-state index contributed by atoms with van der Waals surface area (Å²) in [5.41, 5.74) is 1.36. The van der Waals surface area contributed by atoms with Gasteiger partial charge in [-0.25, -0.2) is 9.97 Å². The number of carbonyl (C=O) groups excluding carboxylic acids is 1. The van der Waals surface area contributed by atoms with E-state index in [1.54, 1.807) is 31.6 Å². The number of nitrogens with zero attached hydrogens (tertiary/aromatic N) is 5. The molecule has 7 heteroatoms. The topological polar surface area (TPSA) is 71.5 Å². The van der Waals surface area contributed by atoms with E-state index in [4.69, 9.17) is 9.72 Å². The Balaban J connectivity index is 1.73. The summed E-state index contributed by atoms with van der Waals surface area (Å²) in [4.78, 5) is 30.1. The molecule has 2 aromatic rings. The highest BCUT2D eigenvalue weighted by Gasteiger charge is 2.25. The van der Waals surface area contributed by atoms with E-state index in [-0.39, 0.29) is 11.3 Å². The van der Waals surface area contributed by atoms with Crippen molar-refractivity contribution in [3.05, 3.63) is 47.7 Å². The van der Waals surface area contributed by atoms with Crippen LogP contribution in [0.2, 0.25) is 0 Å². The molecular weight excluding hydrogens is 342 g/mol. The van der Waals surface area contributed by atoms with E-state index in [1.807, 2.05) is 11.0 Å². The molecule has 0 saturated carbocycles. The molecule has 1 fully saturated rings. The lowest BCUT2D eigenvalue weighted by Gasteiger charge is -2.36. The zero-order valence-electron chi connectivity index (χ0n) is 16.5. The summed E-state index contributed by atoms with van der Waals surface area (Å²) < 4.78 is 5.27. The lowest BCUT2D eigenvalue weighted by atomic mass is 9.95. The van der Waals surface area contributed by atoms with Gasteiger partial charge < -0.3 is 14.5 Å². The molecule has 1 aliphatic rings. The van der Waals surface area contributed by atoms with Crippen LogP contribution >= 0.6 is 0 Å². The fraction of sp³-hybridized carbons (Fsp3) is 0.500. The number of piperazine rings is 1. The SMILES string of the molecule is COCc1cc(N2CCN(C(=O)c3cccnc3)CC2)nc(C(C)(C)C)n1. The summed E-state index contributed by atoms with van der Waals surface area (Å²) in [5.74, 6) is 1.73. The Morgan fingerprint density at radius 3 is 2.52 bits per heavy atom. The van der Waals surface area contributed by atoms with E-state index < -0.39 is 0 Å². The second kappa shape index (κ2) is 8.00. The van der Waals surface area contributed by atoms with Crippen LogP contribution in [0.1, 0.15) is 42.6 Å². The molecule has 144 valence electrons. The van der Waals surface area contributed by atoms with E-state index in [9.17, 15) is 4.79 Å². The van der Waals surface area contributed by atoms with Gasteiger partial charge in [0.1, 0.15) is 11.6 Å². The van der Waals surface area contributed by atoms with Crippen molar-refractivity contribution in [3.8, 4) is 0 Å². The largest absolute Gasteiger partial charge is 0.378 e. The van der Waals surface area contributed by atoms with Crippen molar-refractivity contribution in [2.45, 2.75) is 32.8 Å². The number of methoxy groups -OCH3 is 1. The summed E-state index contributed by atoms with van der Waals surface area (Å²) in [6.45, 7) is 9.55. The third kappa shape index (κ3) is 4.60. The molecule has 2 aromatic heterocycles. The minimum Gasteiger partial charge on any atom is -0.378 e. The number of pyridine rings is 1. The Labute approximate surface area is 160 Å². The van der Waals surface area contributed by atoms with Gasteiger partial charge in [-0.15, -0.1) is 0 Å². The van der Waals surface area contributed by atoms with Crippen molar-refractivity contribution in [1.29, 1.82) is 0 Å². The van der Waals surface area contributed by atoms with E-state index in [1.165, 1.54) is 0 Å². The Kier molecular flexibility index (Phi) is 5.70. The maximum absolute atomic E-state index is 12.6.